The Hall–Kier alpha value is -0.660. The van der Waals surface area contributed by atoms with E-state index in [2.05, 4.69) is 6.58 Å². The number of aromatic hydroxyl groups is 1. The van der Waals surface area contributed by atoms with Crippen LogP contribution in [0.4, 0.5) is 0 Å². The number of hydrogen-bond acceptors (Lipinski definition) is 1. The van der Waals surface area contributed by atoms with E-state index in [1.165, 1.54) is 0 Å². The molecule has 1 nitrogen and oxygen atoms in total. The Morgan fingerprint density at radius 3 is 2.38 bits per heavy atom. The predicted octanol–water partition coefficient (Wildman–Crippen LogP) is 4.73. The normalized spacial score (nSPS) is 11.6. The molecule has 3 heteroatoms. The topological polar surface area (TPSA) is 20.2 Å². The van der Waals surface area contributed by atoms with Crippen molar-refractivity contribution in [2.24, 2.45) is 0 Å². The van der Waals surface area contributed by atoms with E-state index in [1.54, 1.807) is 12.1 Å². The molecule has 0 saturated heterocycles. The van der Waals surface area contributed by atoms with Crippen molar-refractivity contribution in [3.8, 4) is 5.75 Å². The zero-order valence-electron chi connectivity index (χ0n) is 9.77. The van der Waals surface area contributed by atoms with E-state index in [-0.39, 0.29) is 11.2 Å². The third-order valence-electron chi connectivity index (χ3n) is 2.44. The largest absolute Gasteiger partial charge is 0.506 e. The molecular formula is C13H16Cl2O. The van der Waals surface area contributed by atoms with Gasteiger partial charge in [-0.3, -0.25) is 0 Å². The Morgan fingerprint density at radius 1 is 1.38 bits per heavy atom. The van der Waals surface area contributed by atoms with Gasteiger partial charge in [-0.05, 0) is 23.5 Å². The van der Waals surface area contributed by atoms with Gasteiger partial charge in [-0.15, -0.1) is 6.58 Å². The molecular weight excluding hydrogens is 243 g/mol. The second-order valence-electron chi connectivity index (χ2n) is 4.79. The molecule has 1 aromatic carbocycles. The molecule has 0 spiro atoms. The average Bonchev–Trinajstić information content (AvgIpc) is 2.16. The summed E-state index contributed by atoms with van der Waals surface area (Å²) in [5.41, 5.74) is 1.29. The van der Waals surface area contributed by atoms with Crippen LogP contribution in [0.15, 0.2) is 18.7 Å². The maximum atomic E-state index is 10.0. The van der Waals surface area contributed by atoms with Gasteiger partial charge in [0.05, 0.1) is 5.02 Å². The molecule has 0 aliphatic heterocycles. The number of hydrogen-bond donors (Lipinski definition) is 1. The second-order valence-corrected chi connectivity index (χ2v) is 5.58. The number of allylic oxidation sites excluding steroid dienone is 1. The maximum Gasteiger partial charge on any atom is 0.138 e. The van der Waals surface area contributed by atoms with Crippen LogP contribution in [-0.4, -0.2) is 5.11 Å². The van der Waals surface area contributed by atoms with Gasteiger partial charge in [0.15, 0.2) is 0 Å². The molecule has 0 unspecified atom stereocenters. The van der Waals surface area contributed by atoms with Crippen molar-refractivity contribution >= 4 is 23.2 Å². The highest BCUT2D eigenvalue weighted by atomic mass is 35.5. The van der Waals surface area contributed by atoms with Crippen LogP contribution in [0.1, 0.15) is 31.9 Å². The summed E-state index contributed by atoms with van der Waals surface area (Å²) in [6.07, 6.45) is 2.26. The molecule has 1 rings (SSSR count). The average molecular weight is 259 g/mol. The fourth-order valence-corrected chi connectivity index (χ4v) is 2.16. The van der Waals surface area contributed by atoms with Crippen LogP contribution >= 0.6 is 23.2 Å². The number of benzene rings is 1. The number of rotatable bonds is 2. The van der Waals surface area contributed by atoms with Crippen LogP contribution in [0, 0.1) is 0 Å². The van der Waals surface area contributed by atoms with Crippen molar-refractivity contribution in [1.82, 2.24) is 0 Å². The van der Waals surface area contributed by atoms with Crippen LogP contribution in [0.5, 0.6) is 5.75 Å². The van der Waals surface area contributed by atoms with E-state index in [0.29, 0.717) is 16.5 Å². The van der Waals surface area contributed by atoms with E-state index in [1.807, 2.05) is 20.8 Å². The lowest BCUT2D eigenvalue weighted by Gasteiger charge is -2.22. The van der Waals surface area contributed by atoms with Crippen molar-refractivity contribution in [3.05, 3.63) is 39.9 Å². The van der Waals surface area contributed by atoms with Crippen LogP contribution < -0.4 is 0 Å². The van der Waals surface area contributed by atoms with Crippen LogP contribution in [0.25, 0.3) is 0 Å². The highest BCUT2D eigenvalue weighted by molar-refractivity contribution is 6.37. The van der Waals surface area contributed by atoms with Crippen molar-refractivity contribution in [2.75, 3.05) is 0 Å². The highest BCUT2D eigenvalue weighted by Crippen LogP contribution is 2.41. The number of phenolic OH excluding ortho intramolecular Hbond substituents is 1. The molecule has 16 heavy (non-hydrogen) atoms. The number of phenols is 1. The molecule has 0 aliphatic rings. The Morgan fingerprint density at radius 2 is 1.94 bits per heavy atom. The first-order chi connectivity index (χ1) is 7.29. The molecule has 0 aromatic heterocycles. The quantitative estimate of drug-likeness (QED) is 0.761. The van der Waals surface area contributed by atoms with Gasteiger partial charge in [0.2, 0.25) is 0 Å². The molecule has 0 amide bonds. The molecule has 0 saturated carbocycles. The lowest BCUT2D eigenvalue weighted by molar-refractivity contribution is 0.446. The highest BCUT2D eigenvalue weighted by Gasteiger charge is 2.23. The molecule has 88 valence electrons. The summed E-state index contributed by atoms with van der Waals surface area (Å²) in [4.78, 5) is 0. The van der Waals surface area contributed by atoms with E-state index < -0.39 is 0 Å². The van der Waals surface area contributed by atoms with E-state index in [0.717, 1.165) is 11.1 Å². The van der Waals surface area contributed by atoms with Gasteiger partial charge in [0.25, 0.3) is 0 Å². The standard InChI is InChI=1S/C13H16Cl2O/c1-5-6-8-10(14)7-9(13(2,3)4)12(16)11(8)15/h5,7,16H,1,6H2,2-4H3. The first-order valence-corrected chi connectivity index (χ1v) is 5.85. The van der Waals surface area contributed by atoms with Gasteiger partial charge < -0.3 is 5.11 Å². The zero-order valence-corrected chi connectivity index (χ0v) is 11.3. The Bertz CT molecular complexity index is 417. The predicted molar refractivity (Wildman–Crippen MR) is 70.7 cm³/mol. The van der Waals surface area contributed by atoms with Gasteiger partial charge in [0.1, 0.15) is 5.75 Å². The minimum absolute atomic E-state index is 0.121. The first-order valence-electron chi connectivity index (χ1n) is 5.10. The Balaban J connectivity index is 3.45. The summed E-state index contributed by atoms with van der Waals surface area (Å²) in [5.74, 6) is 0.121. The van der Waals surface area contributed by atoms with Gasteiger partial charge in [-0.1, -0.05) is 50.0 Å². The fraction of sp³-hybridized carbons (Fsp3) is 0.385. The van der Waals surface area contributed by atoms with Gasteiger partial charge in [-0.2, -0.15) is 0 Å². The lowest BCUT2D eigenvalue weighted by atomic mass is 9.85. The molecule has 1 N–H and O–H groups in total. The Labute approximate surface area is 107 Å². The van der Waals surface area contributed by atoms with Gasteiger partial charge in [0, 0.05) is 10.6 Å². The summed E-state index contributed by atoms with van der Waals surface area (Å²) in [6, 6.07) is 1.78. The molecule has 0 aliphatic carbocycles. The number of halogens is 2. The van der Waals surface area contributed by atoms with Crippen molar-refractivity contribution < 1.29 is 5.11 Å². The molecule has 0 heterocycles. The molecule has 0 bridgehead atoms. The van der Waals surface area contributed by atoms with E-state index in [9.17, 15) is 5.11 Å². The molecule has 0 radical (unpaired) electrons. The fourth-order valence-electron chi connectivity index (χ4n) is 1.55. The summed E-state index contributed by atoms with van der Waals surface area (Å²) < 4.78 is 0. The van der Waals surface area contributed by atoms with E-state index in [4.69, 9.17) is 23.2 Å². The Kier molecular flexibility index (Phi) is 3.92. The van der Waals surface area contributed by atoms with Crippen LogP contribution in [0.3, 0.4) is 0 Å². The van der Waals surface area contributed by atoms with Crippen LogP contribution in [-0.2, 0) is 11.8 Å². The zero-order chi connectivity index (χ0) is 12.5. The lowest BCUT2D eigenvalue weighted by Crippen LogP contribution is -2.12. The van der Waals surface area contributed by atoms with Crippen molar-refractivity contribution in [2.45, 2.75) is 32.6 Å². The van der Waals surface area contributed by atoms with Crippen LogP contribution in [0.2, 0.25) is 10.0 Å². The minimum Gasteiger partial charge on any atom is -0.506 e. The third kappa shape index (κ3) is 2.53. The summed E-state index contributed by atoms with van der Waals surface area (Å²) in [6.45, 7) is 9.65. The molecule has 0 fully saturated rings. The summed E-state index contributed by atoms with van der Waals surface area (Å²) >= 11 is 12.3. The van der Waals surface area contributed by atoms with E-state index >= 15 is 0 Å². The van der Waals surface area contributed by atoms with Gasteiger partial charge in [-0.25, -0.2) is 0 Å². The van der Waals surface area contributed by atoms with Crippen molar-refractivity contribution in [3.63, 3.8) is 0 Å². The first kappa shape index (κ1) is 13.4. The molecule has 1 aromatic rings. The maximum absolute atomic E-state index is 10.0. The second kappa shape index (κ2) is 4.68. The SMILES string of the molecule is C=CCc1c(Cl)cc(C(C)(C)C)c(O)c1Cl. The summed E-state index contributed by atoms with van der Waals surface area (Å²) in [7, 11) is 0. The smallest absolute Gasteiger partial charge is 0.138 e. The monoisotopic (exact) mass is 258 g/mol. The minimum atomic E-state index is -0.190. The third-order valence-corrected chi connectivity index (χ3v) is 3.19. The summed E-state index contributed by atoms with van der Waals surface area (Å²) in [5, 5.41) is 10.9. The van der Waals surface area contributed by atoms with Gasteiger partial charge >= 0.3 is 0 Å². The molecule has 0 atom stereocenters. The van der Waals surface area contributed by atoms with Crippen molar-refractivity contribution in [1.29, 1.82) is 0 Å².